The van der Waals surface area contributed by atoms with E-state index in [1.807, 2.05) is 76.7 Å². The molecule has 0 spiro atoms. The van der Waals surface area contributed by atoms with Crippen LogP contribution in [-0.2, 0) is 38.3 Å². The van der Waals surface area contributed by atoms with E-state index in [0.29, 0.717) is 26.4 Å². The van der Waals surface area contributed by atoms with Crippen LogP contribution in [0.5, 0.6) is 0 Å². The minimum Gasteiger partial charge on any atom is -0.484 e. The molecular weight excluding hydrogens is 771 g/mol. The summed E-state index contributed by atoms with van der Waals surface area (Å²) in [7, 11) is 5.09. The highest BCUT2D eigenvalue weighted by Crippen LogP contribution is 2.32. The summed E-state index contributed by atoms with van der Waals surface area (Å²) in [6.07, 6.45) is 4.67. The Morgan fingerprint density at radius 2 is 1.40 bits per heavy atom. The molecule has 2 aliphatic rings. The summed E-state index contributed by atoms with van der Waals surface area (Å²) in [5.74, 6) is -1.09. The molecule has 0 aromatic carbocycles. The molecule has 0 unspecified atom stereocenters. The fourth-order valence-corrected chi connectivity index (χ4v) is 5.28. The van der Waals surface area contributed by atoms with Crippen LogP contribution in [0.2, 0.25) is 0 Å². The first-order chi connectivity index (χ1) is 22.3. The highest BCUT2D eigenvalue weighted by atomic mass is 127. The van der Waals surface area contributed by atoms with E-state index >= 15 is 0 Å². The molecule has 0 bridgehead atoms. The summed E-state index contributed by atoms with van der Waals surface area (Å²) < 4.78 is 5.24. The molecule has 1 aromatic rings. The minimum absolute atomic E-state index is 0.0324. The Bertz CT molecular complexity index is 1170. The lowest BCUT2D eigenvalue weighted by Crippen LogP contribution is -2.36. The van der Waals surface area contributed by atoms with Crippen molar-refractivity contribution in [1.29, 1.82) is 5.41 Å². The highest BCUT2D eigenvalue weighted by Gasteiger charge is 2.33. The Kier molecular flexibility index (Phi) is 25.8. The van der Waals surface area contributed by atoms with Gasteiger partial charge in [0.1, 0.15) is 10.8 Å². The molecular formula is C33H51IN4O8S2. The van der Waals surface area contributed by atoms with Crippen molar-refractivity contribution in [3.63, 3.8) is 0 Å². The van der Waals surface area contributed by atoms with E-state index in [0.717, 1.165) is 5.03 Å². The summed E-state index contributed by atoms with van der Waals surface area (Å²) in [4.78, 5) is 75.2. The Morgan fingerprint density at radius 1 is 0.875 bits per heavy atom. The van der Waals surface area contributed by atoms with E-state index in [9.17, 15) is 28.8 Å². The van der Waals surface area contributed by atoms with Gasteiger partial charge in [-0.05, 0) is 36.8 Å². The van der Waals surface area contributed by atoms with Crippen LogP contribution in [0, 0.1) is 23.2 Å². The molecule has 1 aromatic heterocycles. The van der Waals surface area contributed by atoms with Crippen molar-refractivity contribution in [2.45, 2.75) is 98.4 Å². The number of hydrogen-bond donors (Lipinski definition) is 1. The third-order valence-corrected chi connectivity index (χ3v) is 9.10. The number of alkyl halides is 1. The number of halogens is 1. The summed E-state index contributed by atoms with van der Waals surface area (Å²) >= 11 is 2.08. The van der Waals surface area contributed by atoms with E-state index in [1.165, 1.54) is 24.2 Å². The maximum absolute atomic E-state index is 11.0. The van der Waals surface area contributed by atoms with Crippen LogP contribution in [-0.4, -0.2) is 79.1 Å². The fourth-order valence-electron chi connectivity index (χ4n) is 2.71. The molecule has 0 atom stereocenters. The molecule has 3 rings (SSSR count). The average molecular weight is 823 g/mol. The number of pyridine rings is 1. The van der Waals surface area contributed by atoms with Gasteiger partial charge < -0.3 is 9.57 Å². The fraction of sp³-hybridized carbons (Fsp3) is 0.576. The lowest BCUT2D eigenvalue weighted by Gasteiger charge is -2.17. The van der Waals surface area contributed by atoms with E-state index in [4.69, 9.17) is 5.41 Å². The molecule has 12 nitrogen and oxygen atoms in total. The van der Waals surface area contributed by atoms with Gasteiger partial charge in [-0.3, -0.25) is 34.3 Å². The predicted molar refractivity (Wildman–Crippen MR) is 199 cm³/mol. The SMILES string of the molecule is CC(C)C(=O)CI.CC(C)C(=O)ON1C(=O)CCC1=O.CC(C)N1C(=O)C=CC1=O.CC(C)SSc1ccccn1.COC(=N)C(C)C. The highest BCUT2D eigenvalue weighted by molar-refractivity contribution is 14.1. The maximum Gasteiger partial charge on any atom is 0.335 e. The van der Waals surface area contributed by atoms with E-state index in [2.05, 4.69) is 51.0 Å². The second-order valence-electron chi connectivity index (χ2n) is 11.5. The maximum atomic E-state index is 11.0. The topological polar surface area (TPSA) is 164 Å². The Morgan fingerprint density at radius 3 is 1.67 bits per heavy atom. The Balaban J connectivity index is 0. The average Bonchev–Trinajstić information content (AvgIpc) is 3.55. The van der Waals surface area contributed by atoms with Crippen molar-refractivity contribution in [3.8, 4) is 0 Å². The number of ether oxygens (including phenoxy) is 1. The van der Waals surface area contributed by atoms with Crippen LogP contribution in [0.25, 0.3) is 0 Å². The van der Waals surface area contributed by atoms with Gasteiger partial charge in [0.15, 0.2) is 5.90 Å². The molecule has 4 amide bonds. The van der Waals surface area contributed by atoms with Gasteiger partial charge in [-0.1, -0.05) is 94.8 Å². The first-order valence-corrected chi connectivity index (χ1v) is 19.1. The quantitative estimate of drug-likeness (QED) is 0.0703. The number of amides is 4. The normalized spacial score (nSPS) is 13.4. The van der Waals surface area contributed by atoms with Crippen molar-refractivity contribution in [2.24, 2.45) is 17.8 Å². The number of nitrogens with one attached hydrogen (secondary N) is 1. The molecule has 270 valence electrons. The lowest BCUT2D eigenvalue weighted by molar-refractivity contribution is -0.199. The minimum atomic E-state index is -0.566. The van der Waals surface area contributed by atoms with Gasteiger partial charge in [0, 0.05) is 54.3 Å². The number of nitrogens with zero attached hydrogens (tertiary/aromatic N) is 3. The van der Waals surface area contributed by atoms with Crippen LogP contribution in [0.15, 0.2) is 41.6 Å². The van der Waals surface area contributed by atoms with E-state index in [-0.39, 0.29) is 48.5 Å². The lowest BCUT2D eigenvalue weighted by atomic mass is 10.1. The van der Waals surface area contributed by atoms with Gasteiger partial charge in [0.25, 0.3) is 23.6 Å². The van der Waals surface area contributed by atoms with Crippen molar-refractivity contribution in [2.75, 3.05) is 11.5 Å². The number of rotatable bonds is 9. The van der Waals surface area contributed by atoms with E-state index in [1.54, 1.807) is 24.6 Å². The van der Waals surface area contributed by atoms with Crippen LogP contribution in [0.3, 0.4) is 0 Å². The Hall–Kier alpha value is -2.79. The third kappa shape index (κ3) is 21.2. The molecule has 48 heavy (non-hydrogen) atoms. The summed E-state index contributed by atoms with van der Waals surface area (Å²) in [5.41, 5.74) is 0. The summed E-state index contributed by atoms with van der Waals surface area (Å²) in [5, 5.41) is 9.27. The molecule has 0 radical (unpaired) electrons. The largest absolute Gasteiger partial charge is 0.484 e. The Labute approximate surface area is 306 Å². The number of imide groups is 2. The third-order valence-electron chi connectivity index (χ3n) is 5.50. The second-order valence-corrected chi connectivity index (χ2v) is 15.1. The second kappa shape index (κ2) is 26.1. The van der Waals surface area contributed by atoms with Crippen molar-refractivity contribution in [3.05, 3.63) is 36.5 Å². The van der Waals surface area contributed by atoms with Gasteiger partial charge in [-0.15, -0.1) is 5.06 Å². The van der Waals surface area contributed by atoms with Crippen LogP contribution >= 0.6 is 44.2 Å². The zero-order chi connectivity index (χ0) is 37.6. The van der Waals surface area contributed by atoms with Crippen LogP contribution in [0.4, 0.5) is 0 Å². The number of methoxy groups -OCH3 is 1. The van der Waals surface area contributed by atoms with Crippen LogP contribution in [0.1, 0.15) is 82.1 Å². The first kappa shape index (κ1) is 47.3. The number of carbonyl (C=O) groups is 6. The monoisotopic (exact) mass is 822 g/mol. The summed E-state index contributed by atoms with van der Waals surface area (Å²) in [6, 6.07) is 5.94. The number of Topliss-reactive ketones (excluding diaryl/α,β-unsaturated/α-hetero) is 1. The smallest absolute Gasteiger partial charge is 0.335 e. The van der Waals surface area contributed by atoms with Gasteiger partial charge in [0.2, 0.25) is 0 Å². The van der Waals surface area contributed by atoms with Gasteiger partial charge in [-0.2, -0.15) is 0 Å². The number of hydrogen-bond acceptors (Lipinski definition) is 12. The molecule has 1 fully saturated rings. The van der Waals surface area contributed by atoms with Crippen molar-refractivity contribution >= 4 is 85.5 Å². The molecule has 0 saturated carbocycles. The zero-order valence-electron chi connectivity index (χ0n) is 29.8. The van der Waals surface area contributed by atoms with Crippen molar-refractivity contribution < 1.29 is 38.3 Å². The van der Waals surface area contributed by atoms with Crippen LogP contribution < -0.4 is 0 Å². The molecule has 1 N–H and O–H groups in total. The number of ketones is 1. The summed E-state index contributed by atoms with van der Waals surface area (Å²) in [6.45, 7) is 18.9. The number of carbonyl (C=O) groups excluding carboxylic acids is 6. The van der Waals surface area contributed by atoms with Gasteiger partial charge in [0.05, 0.1) is 17.5 Å². The van der Waals surface area contributed by atoms with Gasteiger partial charge >= 0.3 is 5.97 Å². The molecule has 3 heterocycles. The van der Waals surface area contributed by atoms with Gasteiger partial charge in [-0.25, -0.2) is 9.78 Å². The van der Waals surface area contributed by atoms with E-state index < -0.39 is 17.8 Å². The first-order valence-electron chi connectivity index (χ1n) is 15.4. The standard InChI is InChI=1S/C8H11NO4.C8H11NS2.C7H9NO2.C5H9IO.C5H11NO/c1-5(2)8(12)13-9-6(10)3-4-7(9)11;1-7(2)10-11-8-5-3-4-6-9-8;1-5(2)8-6(9)3-4-7(8)10;1-4(2)5(7)3-6;1-4(2)5(6)7-3/h5H,3-4H2,1-2H3;3-7H,1-2H3;3-5H,1-2H3;4H,3H2,1-2H3;4,6H,1-3H3. The molecule has 2 aliphatic heterocycles. The molecule has 15 heteroatoms. The molecule has 1 saturated heterocycles. The molecule has 0 aliphatic carbocycles. The zero-order valence-corrected chi connectivity index (χ0v) is 33.6. The number of aromatic nitrogens is 1. The number of hydroxylamine groups is 2. The van der Waals surface area contributed by atoms with Crippen molar-refractivity contribution in [1.82, 2.24) is 14.9 Å². The predicted octanol–water partition coefficient (Wildman–Crippen LogP) is 6.71.